The highest BCUT2D eigenvalue weighted by atomic mass is 35.5. The highest BCUT2D eigenvalue weighted by Crippen LogP contribution is 2.46. The summed E-state index contributed by atoms with van der Waals surface area (Å²) < 4.78 is 12.8. The van der Waals surface area contributed by atoms with Crippen LogP contribution in [0.1, 0.15) is 24.3 Å². The van der Waals surface area contributed by atoms with Gasteiger partial charge in [-0.2, -0.15) is 5.10 Å². The molecular weight excluding hydrogens is 296 g/mol. The molecule has 0 fully saturated rings. The Kier molecular flexibility index (Phi) is 2.88. The summed E-state index contributed by atoms with van der Waals surface area (Å²) in [5, 5.41) is 13.3. The Morgan fingerprint density at radius 2 is 2.05 bits per heavy atom. The highest BCUT2D eigenvalue weighted by Gasteiger charge is 2.34. The number of aromatic carboxylic acids is 1. The van der Waals surface area contributed by atoms with Gasteiger partial charge in [0.1, 0.15) is 0 Å². The molecule has 0 amide bonds. The maximum Gasteiger partial charge on any atom is 0.356 e. The molecule has 0 unspecified atom stereocenters. The van der Waals surface area contributed by atoms with Gasteiger partial charge in [0, 0.05) is 26.5 Å². The molecule has 110 valence electrons. The molecule has 3 rings (SSSR count). The summed E-state index contributed by atoms with van der Waals surface area (Å²) in [6.45, 7) is 3.57. The van der Waals surface area contributed by atoms with Crippen molar-refractivity contribution < 1.29 is 19.4 Å². The fourth-order valence-corrected chi connectivity index (χ4v) is 2.51. The maximum atomic E-state index is 11.0. The van der Waals surface area contributed by atoms with Crippen molar-refractivity contribution in [3.05, 3.63) is 28.9 Å². The molecule has 0 radical (unpaired) electrons. The van der Waals surface area contributed by atoms with Gasteiger partial charge in [-0.15, -0.1) is 0 Å². The van der Waals surface area contributed by atoms with Gasteiger partial charge in [0.2, 0.25) is 5.79 Å². The smallest absolute Gasteiger partial charge is 0.356 e. The van der Waals surface area contributed by atoms with Crippen LogP contribution in [-0.4, -0.2) is 26.6 Å². The summed E-state index contributed by atoms with van der Waals surface area (Å²) in [7, 11) is 1.67. The Labute approximate surface area is 125 Å². The Morgan fingerprint density at radius 1 is 1.33 bits per heavy atom. The second-order valence-corrected chi connectivity index (χ2v) is 5.64. The first kappa shape index (κ1) is 13.8. The van der Waals surface area contributed by atoms with Crippen molar-refractivity contribution in [3.63, 3.8) is 0 Å². The first-order chi connectivity index (χ1) is 9.77. The number of carbonyl (C=O) groups is 1. The van der Waals surface area contributed by atoms with Gasteiger partial charge >= 0.3 is 5.97 Å². The fraction of sp³-hybridized carbons (Fsp3) is 0.286. The van der Waals surface area contributed by atoms with Gasteiger partial charge in [-0.05, 0) is 18.2 Å². The summed E-state index contributed by atoms with van der Waals surface area (Å²) in [6, 6.07) is 4.95. The minimum absolute atomic E-state index is 0.0263. The van der Waals surface area contributed by atoms with E-state index < -0.39 is 11.8 Å². The summed E-state index contributed by atoms with van der Waals surface area (Å²) >= 11 is 6.22. The molecule has 1 aromatic carbocycles. The minimum Gasteiger partial charge on any atom is -0.476 e. The van der Waals surface area contributed by atoms with Gasteiger partial charge in [-0.3, -0.25) is 4.68 Å². The molecule has 21 heavy (non-hydrogen) atoms. The van der Waals surface area contributed by atoms with Crippen LogP contribution >= 0.6 is 11.6 Å². The van der Waals surface area contributed by atoms with Crippen molar-refractivity contribution >= 4 is 17.6 Å². The first-order valence-corrected chi connectivity index (χ1v) is 6.64. The van der Waals surface area contributed by atoms with Crippen LogP contribution in [0.15, 0.2) is 18.2 Å². The van der Waals surface area contributed by atoms with Crippen LogP contribution in [0.4, 0.5) is 0 Å². The number of aromatic nitrogens is 2. The van der Waals surface area contributed by atoms with Crippen LogP contribution in [0, 0.1) is 0 Å². The van der Waals surface area contributed by atoms with E-state index in [4.69, 9.17) is 26.2 Å². The quantitative estimate of drug-likeness (QED) is 0.923. The summed E-state index contributed by atoms with van der Waals surface area (Å²) in [6.07, 6.45) is 0. The Balaban J connectivity index is 2.10. The number of carboxylic acids is 1. The van der Waals surface area contributed by atoms with Crippen molar-refractivity contribution in [2.75, 3.05) is 0 Å². The molecule has 2 aromatic rings. The van der Waals surface area contributed by atoms with Crippen molar-refractivity contribution in [2.45, 2.75) is 19.6 Å². The van der Waals surface area contributed by atoms with E-state index in [2.05, 4.69) is 5.10 Å². The number of benzene rings is 1. The number of fused-ring (bicyclic) bond motifs is 1. The number of nitrogens with zero attached hydrogens (tertiary/aromatic N) is 2. The second kappa shape index (κ2) is 4.39. The Morgan fingerprint density at radius 3 is 2.67 bits per heavy atom. The molecule has 0 bridgehead atoms. The molecule has 0 atom stereocenters. The standard InChI is InChI=1S/C14H13ClN2O4/c1-14(2)20-11-5-7(4-8(15)12(11)21-14)10-6-9(13(18)19)16-17(10)3/h4-6H,1-3H3,(H,18,19). The van der Waals surface area contributed by atoms with E-state index in [0.717, 1.165) is 0 Å². The first-order valence-electron chi connectivity index (χ1n) is 6.26. The molecule has 0 saturated heterocycles. The van der Waals surface area contributed by atoms with Crippen molar-refractivity contribution in [1.29, 1.82) is 0 Å². The lowest BCUT2D eigenvalue weighted by Crippen LogP contribution is -2.29. The number of carboxylic acid groups (broad SMARTS) is 1. The predicted molar refractivity (Wildman–Crippen MR) is 75.9 cm³/mol. The molecule has 2 heterocycles. The van der Waals surface area contributed by atoms with Crippen LogP contribution < -0.4 is 9.47 Å². The van der Waals surface area contributed by atoms with Crippen LogP contribution in [0.3, 0.4) is 0 Å². The molecule has 1 aliphatic rings. The number of hydrogen-bond donors (Lipinski definition) is 1. The van der Waals surface area contributed by atoms with Gasteiger partial charge < -0.3 is 14.6 Å². The van der Waals surface area contributed by atoms with E-state index in [1.54, 1.807) is 33.0 Å². The van der Waals surface area contributed by atoms with Crippen molar-refractivity contribution in [3.8, 4) is 22.8 Å². The molecule has 0 aliphatic carbocycles. The number of rotatable bonds is 2. The van der Waals surface area contributed by atoms with Crippen LogP contribution in [0.5, 0.6) is 11.5 Å². The lowest BCUT2D eigenvalue weighted by molar-refractivity contribution is -0.0431. The van der Waals surface area contributed by atoms with E-state index in [0.29, 0.717) is 27.8 Å². The van der Waals surface area contributed by atoms with E-state index in [1.165, 1.54) is 10.7 Å². The van der Waals surface area contributed by atoms with E-state index in [-0.39, 0.29) is 5.69 Å². The van der Waals surface area contributed by atoms with E-state index in [9.17, 15) is 4.79 Å². The van der Waals surface area contributed by atoms with Gasteiger partial charge in [0.05, 0.1) is 10.7 Å². The molecule has 7 heteroatoms. The summed E-state index contributed by atoms with van der Waals surface area (Å²) in [5.74, 6) is -0.833. The molecule has 1 aliphatic heterocycles. The van der Waals surface area contributed by atoms with Gasteiger partial charge in [-0.25, -0.2) is 4.79 Å². The summed E-state index contributed by atoms with van der Waals surface area (Å²) in [4.78, 5) is 11.0. The topological polar surface area (TPSA) is 73.6 Å². The monoisotopic (exact) mass is 308 g/mol. The van der Waals surface area contributed by atoms with Gasteiger partial charge in [0.15, 0.2) is 17.2 Å². The lowest BCUT2D eigenvalue weighted by Gasteiger charge is -2.16. The van der Waals surface area contributed by atoms with Crippen molar-refractivity contribution in [1.82, 2.24) is 9.78 Å². The molecular formula is C14H13ClN2O4. The Bertz CT molecular complexity index is 752. The molecule has 0 spiro atoms. The zero-order valence-electron chi connectivity index (χ0n) is 11.7. The number of hydrogen-bond acceptors (Lipinski definition) is 4. The average molecular weight is 309 g/mol. The third-order valence-corrected chi connectivity index (χ3v) is 3.39. The van der Waals surface area contributed by atoms with Crippen molar-refractivity contribution in [2.24, 2.45) is 7.05 Å². The third-order valence-electron chi connectivity index (χ3n) is 3.11. The zero-order chi connectivity index (χ0) is 15.4. The normalized spacial score (nSPS) is 15.2. The predicted octanol–water partition coefficient (Wildman–Crippen LogP) is 2.95. The maximum absolute atomic E-state index is 11.0. The van der Waals surface area contributed by atoms with Crippen LogP contribution in [0.2, 0.25) is 5.02 Å². The highest BCUT2D eigenvalue weighted by molar-refractivity contribution is 6.32. The molecule has 0 saturated carbocycles. The number of ether oxygens (including phenoxy) is 2. The van der Waals surface area contributed by atoms with Crippen LogP contribution in [-0.2, 0) is 7.05 Å². The lowest BCUT2D eigenvalue weighted by atomic mass is 10.1. The molecule has 1 N–H and O–H groups in total. The largest absolute Gasteiger partial charge is 0.476 e. The second-order valence-electron chi connectivity index (χ2n) is 5.23. The number of halogens is 1. The zero-order valence-corrected chi connectivity index (χ0v) is 12.4. The van der Waals surface area contributed by atoms with Gasteiger partial charge in [0.25, 0.3) is 0 Å². The fourth-order valence-electron chi connectivity index (χ4n) is 2.26. The number of aryl methyl sites for hydroxylation is 1. The Hall–Kier alpha value is -2.21. The molecule has 6 nitrogen and oxygen atoms in total. The van der Waals surface area contributed by atoms with Gasteiger partial charge in [-0.1, -0.05) is 11.6 Å². The third kappa shape index (κ3) is 2.31. The molecule has 1 aromatic heterocycles. The van der Waals surface area contributed by atoms with E-state index in [1.807, 2.05) is 0 Å². The van der Waals surface area contributed by atoms with Crippen LogP contribution in [0.25, 0.3) is 11.3 Å². The van der Waals surface area contributed by atoms with E-state index >= 15 is 0 Å². The summed E-state index contributed by atoms with van der Waals surface area (Å²) in [5.41, 5.74) is 1.31. The average Bonchev–Trinajstić information content (AvgIpc) is 2.88. The SMILES string of the molecule is Cn1nc(C(=O)O)cc1-c1cc(Cl)c2c(c1)OC(C)(C)O2. The minimum atomic E-state index is -1.08.